The van der Waals surface area contributed by atoms with Crippen molar-refractivity contribution in [3.63, 3.8) is 0 Å². The van der Waals surface area contributed by atoms with Gasteiger partial charge in [0.15, 0.2) is 0 Å². The quantitative estimate of drug-likeness (QED) is 0.742. The lowest BCUT2D eigenvalue weighted by molar-refractivity contribution is -0.151. The first-order valence-electron chi connectivity index (χ1n) is 7.99. The van der Waals surface area contributed by atoms with Crippen LogP contribution in [0.2, 0.25) is 0 Å². The molecule has 1 aromatic carbocycles. The number of esters is 1. The number of nitrogens with zero attached hydrogens (tertiary/aromatic N) is 2. The van der Waals surface area contributed by atoms with Crippen LogP contribution >= 0.6 is 0 Å². The van der Waals surface area contributed by atoms with Crippen LogP contribution < -0.4 is 0 Å². The molecular weight excluding hydrogens is 328 g/mol. The van der Waals surface area contributed by atoms with Crippen LogP contribution in [0.4, 0.5) is 4.79 Å². The fourth-order valence-corrected chi connectivity index (χ4v) is 2.91. The van der Waals surface area contributed by atoms with E-state index in [1.807, 2.05) is 30.3 Å². The number of methoxy groups -OCH3 is 1. The molecule has 1 aliphatic rings. The summed E-state index contributed by atoms with van der Waals surface area (Å²) in [5.74, 6) is -1.26. The van der Waals surface area contributed by atoms with Crippen molar-refractivity contribution in [1.29, 1.82) is 0 Å². The van der Waals surface area contributed by atoms with E-state index in [0.717, 1.165) is 5.56 Å². The molecule has 0 spiro atoms. The second-order valence-electron chi connectivity index (χ2n) is 5.90. The minimum absolute atomic E-state index is 0.156. The summed E-state index contributed by atoms with van der Waals surface area (Å²) < 4.78 is 4.45. The highest BCUT2D eigenvalue weighted by Gasteiger charge is 2.35. The van der Waals surface area contributed by atoms with Crippen LogP contribution in [0, 0.1) is 0 Å². The molecule has 0 aliphatic carbocycles. The number of rotatable bonds is 5. The van der Waals surface area contributed by atoms with Crippen molar-refractivity contribution < 1.29 is 29.3 Å². The molecule has 1 heterocycles. The fourth-order valence-electron chi connectivity index (χ4n) is 2.91. The Balaban J connectivity index is 2.06. The molecule has 25 heavy (non-hydrogen) atoms. The topological polar surface area (TPSA) is 107 Å². The molecule has 136 valence electrons. The Morgan fingerprint density at radius 2 is 1.92 bits per heavy atom. The predicted molar refractivity (Wildman–Crippen MR) is 87.9 cm³/mol. The molecule has 2 N–H and O–H groups in total. The van der Waals surface area contributed by atoms with E-state index in [1.54, 1.807) is 0 Å². The van der Waals surface area contributed by atoms with Gasteiger partial charge in [-0.05, 0) is 12.0 Å². The number of ether oxygens (including phenoxy) is 1. The smallest absolute Gasteiger partial charge is 0.407 e. The van der Waals surface area contributed by atoms with Gasteiger partial charge in [-0.1, -0.05) is 30.3 Å². The molecule has 2 atom stereocenters. The number of hydrogen-bond acceptors (Lipinski definition) is 5. The van der Waals surface area contributed by atoms with Gasteiger partial charge in [0.25, 0.3) is 5.91 Å². The first-order chi connectivity index (χ1) is 11.9. The minimum atomic E-state index is -1.48. The van der Waals surface area contributed by atoms with Crippen LogP contribution in [-0.4, -0.2) is 76.9 Å². The molecule has 2 amide bonds. The summed E-state index contributed by atoms with van der Waals surface area (Å²) in [4.78, 5) is 37.7. The zero-order chi connectivity index (χ0) is 18.4. The number of carboxylic acid groups (broad SMARTS) is 1. The van der Waals surface area contributed by atoms with E-state index in [4.69, 9.17) is 0 Å². The maximum Gasteiger partial charge on any atom is 0.407 e. The van der Waals surface area contributed by atoms with Crippen LogP contribution in [0.15, 0.2) is 30.3 Å². The van der Waals surface area contributed by atoms with Crippen molar-refractivity contribution in [2.45, 2.75) is 25.0 Å². The number of hydrogen-bond donors (Lipinski definition) is 2. The third kappa shape index (κ3) is 4.93. The number of amides is 2. The number of benzene rings is 1. The first kappa shape index (κ1) is 18.7. The largest absolute Gasteiger partial charge is 0.469 e. The second-order valence-corrected chi connectivity index (χ2v) is 5.90. The summed E-state index contributed by atoms with van der Waals surface area (Å²) in [7, 11) is 1.18. The average molecular weight is 350 g/mol. The van der Waals surface area contributed by atoms with Gasteiger partial charge in [-0.3, -0.25) is 9.59 Å². The Morgan fingerprint density at radius 1 is 1.24 bits per heavy atom. The Morgan fingerprint density at radius 3 is 2.52 bits per heavy atom. The molecule has 2 rings (SSSR count). The van der Waals surface area contributed by atoms with Crippen molar-refractivity contribution in [1.82, 2.24) is 9.80 Å². The van der Waals surface area contributed by atoms with Crippen molar-refractivity contribution in [3.8, 4) is 0 Å². The maximum atomic E-state index is 12.3. The average Bonchev–Trinajstić information content (AvgIpc) is 2.61. The van der Waals surface area contributed by atoms with E-state index in [1.165, 1.54) is 16.9 Å². The van der Waals surface area contributed by atoms with Crippen LogP contribution in [0.5, 0.6) is 0 Å². The summed E-state index contributed by atoms with van der Waals surface area (Å²) in [6.45, 7) is 0.496. The lowest BCUT2D eigenvalue weighted by Crippen LogP contribution is -2.58. The molecule has 0 saturated carbocycles. The Labute approximate surface area is 145 Å². The Kier molecular flexibility index (Phi) is 6.35. The fraction of sp³-hybridized carbons (Fsp3) is 0.471. The van der Waals surface area contributed by atoms with Gasteiger partial charge in [0.1, 0.15) is 6.10 Å². The van der Waals surface area contributed by atoms with Crippen LogP contribution in [0.3, 0.4) is 0 Å². The molecule has 1 saturated heterocycles. The number of aliphatic hydroxyl groups is 1. The molecule has 0 bridgehead atoms. The van der Waals surface area contributed by atoms with Gasteiger partial charge < -0.3 is 24.7 Å². The Hall–Kier alpha value is -2.61. The highest BCUT2D eigenvalue weighted by Crippen LogP contribution is 2.17. The summed E-state index contributed by atoms with van der Waals surface area (Å²) in [6.07, 6.45) is -2.48. The van der Waals surface area contributed by atoms with Gasteiger partial charge in [-0.15, -0.1) is 0 Å². The lowest BCUT2D eigenvalue weighted by atomic mass is 10.0. The van der Waals surface area contributed by atoms with Crippen molar-refractivity contribution in [2.75, 3.05) is 26.7 Å². The number of carbonyl (C=O) groups is 3. The van der Waals surface area contributed by atoms with Gasteiger partial charge in [-0.2, -0.15) is 0 Å². The summed E-state index contributed by atoms with van der Waals surface area (Å²) in [5, 5.41) is 19.3. The monoisotopic (exact) mass is 350 g/mol. The number of piperazine rings is 1. The molecular formula is C17H22N2O6. The summed E-state index contributed by atoms with van der Waals surface area (Å²) in [6, 6.07) is 8.99. The molecule has 0 radical (unpaired) electrons. The minimum Gasteiger partial charge on any atom is -0.469 e. The molecule has 1 fully saturated rings. The highest BCUT2D eigenvalue weighted by molar-refractivity contribution is 5.85. The normalized spacial score (nSPS) is 18.6. The van der Waals surface area contributed by atoms with Crippen LogP contribution in [0.1, 0.15) is 12.0 Å². The number of aliphatic hydroxyl groups excluding tert-OH is 1. The molecule has 1 aliphatic heterocycles. The molecule has 8 nitrogen and oxygen atoms in total. The van der Waals surface area contributed by atoms with E-state index in [9.17, 15) is 24.6 Å². The Bertz CT molecular complexity index is 621. The van der Waals surface area contributed by atoms with E-state index >= 15 is 0 Å². The van der Waals surface area contributed by atoms with E-state index < -0.39 is 36.5 Å². The maximum absolute atomic E-state index is 12.3. The van der Waals surface area contributed by atoms with Gasteiger partial charge >= 0.3 is 12.1 Å². The summed E-state index contributed by atoms with van der Waals surface area (Å²) >= 11 is 0. The zero-order valence-electron chi connectivity index (χ0n) is 14.0. The van der Waals surface area contributed by atoms with E-state index in [-0.39, 0.29) is 19.6 Å². The third-order valence-electron chi connectivity index (χ3n) is 4.23. The van der Waals surface area contributed by atoms with Gasteiger partial charge in [0.05, 0.1) is 19.6 Å². The zero-order valence-corrected chi connectivity index (χ0v) is 14.0. The highest BCUT2D eigenvalue weighted by atomic mass is 16.5. The van der Waals surface area contributed by atoms with Gasteiger partial charge in [0.2, 0.25) is 0 Å². The van der Waals surface area contributed by atoms with Crippen molar-refractivity contribution >= 4 is 18.0 Å². The molecule has 1 aromatic rings. The number of carbonyl (C=O) groups excluding carboxylic acids is 2. The predicted octanol–water partition coefficient (Wildman–Crippen LogP) is 0.344. The van der Waals surface area contributed by atoms with E-state index in [2.05, 4.69) is 4.74 Å². The second kappa shape index (κ2) is 8.48. The molecule has 8 heteroatoms. The van der Waals surface area contributed by atoms with Crippen LogP contribution in [0.25, 0.3) is 0 Å². The standard InChI is InChI=1S/C17H22N2O6/c1-25-15(21)10-14(20)16(22)18-7-8-19(17(23)24)13(11-18)9-12-5-3-2-4-6-12/h2-6,13-14,20H,7-11H2,1H3,(H,23,24). The van der Waals surface area contributed by atoms with Crippen LogP contribution in [-0.2, 0) is 20.7 Å². The van der Waals surface area contributed by atoms with Crippen molar-refractivity contribution in [3.05, 3.63) is 35.9 Å². The first-order valence-corrected chi connectivity index (χ1v) is 7.99. The van der Waals surface area contributed by atoms with Gasteiger partial charge in [0, 0.05) is 19.6 Å². The van der Waals surface area contributed by atoms with Crippen molar-refractivity contribution in [2.24, 2.45) is 0 Å². The third-order valence-corrected chi connectivity index (χ3v) is 4.23. The molecule has 2 unspecified atom stereocenters. The summed E-state index contributed by atoms with van der Waals surface area (Å²) in [5.41, 5.74) is 0.961. The SMILES string of the molecule is COC(=O)CC(O)C(=O)N1CCN(C(=O)O)C(Cc2ccccc2)C1. The van der Waals surface area contributed by atoms with Gasteiger partial charge in [-0.25, -0.2) is 4.79 Å². The van der Waals surface area contributed by atoms with E-state index in [0.29, 0.717) is 6.42 Å². The lowest BCUT2D eigenvalue weighted by Gasteiger charge is -2.40. The molecule has 0 aromatic heterocycles.